The Balaban J connectivity index is 1.92. The van der Waals surface area contributed by atoms with E-state index < -0.39 is 0 Å². The van der Waals surface area contributed by atoms with E-state index in [1.807, 2.05) is 68.4 Å². The smallest absolute Gasteiger partial charge is 0.228 e. The van der Waals surface area contributed by atoms with E-state index in [0.717, 1.165) is 17.2 Å². The second-order valence-electron chi connectivity index (χ2n) is 5.04. The van der Waals surface area contributed by atoms with E-state index in [4.69, 9.17) is 17.0 Å². The first-order chi connectivity index (χ1) is 10.5. The SMILES string of the molecule is CC(C)C(=O)NC(=S)Nc1ccc(Oc2ccccc2)cc1. The molecule has 0 heterocycles. The van der Waals surface area contributed by atoms with Gasteiger partial charge in [0.05, 0.1) is 0 Å². The summed E-state index contributed by atoms with van der Waals surface area (Å²) in [6.45, 7) is 3.63. The molecule has 4 nitrogen and oxygen atoms in total. The summed E-state index contributed by atoms with van der Waals surface area (Å²) in [6, 6.07) is 16.9. The van der Waals surface area contributed by atoms with Crippen LogP contribution in [-0.2, 0) is 4.79 Å². The summed E-state index contributed by atoms with van der Waals surface area (Å²) in [5.74, 6) is 1.29. The van der Waals surface area contributed by atoms with E-state index in [1.165, 1.54) is 0 Å². The van der Waals surface area contributed by atoms with Crippen LogP contribution < -0.4 is 15.4 Å². The Labute approximate surface area is 135 Å². The fourth-order valence-electron chi connectivity index (χ4n) is 1.65. The monoisotopic (exact) mass is 314 g/mol. The summed E-state index contributed by atoms with van der Waals surface area (Å²) in [5, 5.41) is 5.88. The number of anilines is 1. The molecule has 2 aromatic rings. The molecule has 0 radical (unpaired) electrons. The van der Waals surface area contributed by atoms with Gasteiger partial charge in [-0.3, -0.25) is 4.79 Å². The summed E-state index contributed by atoms with van der Waals surface area (Å²) in [7, 11) is 0. The van der Waals surface area contributed by atoms with E-state index >= 15 is 0 Å². The van der Waals surface area contributed by atoms with Crippen LogP contribution in [0.15, 0.2) is 54.6 Å². The number of hydrogen-bond donors (Lipinski definition) is 2. The number of nitrogens with one attached hydrogen (secondary N) is 2. The standard InChI is InChI=1S/C17H18N2O2S/c1-12(2)16(20)19-17(22)18-13-8-10-15(11-9-13)21-14-6-4-3-5-7-14/h3-12H,1-2H3,(H2,18,19,20,22). The van der Waals surface area contributed by atoms with Gasteiger partial charge in [-0.2, -0.15) is 0 Å². The van der Waals surface area contributed by atoms with Crippen molar-refractivity contribution in [3.8, 4) is 11.5 Å². The predicted octanol–water partition coefficient (Wildman–Crippen LogP) is 3.95. The molecule has 2 N–H and O–H groups in total. The van der Waals surface area contributed by atoms with E-state index in [9.17, 15) is 4.79 Å². The van der Waals surface area contributed by atoms with Gasteiger partial charge in [-0.05, 0) is 48.6 Å². The lowest BCUT2D eigenvalue weighted by Gasteiger charge is -2.11. The van der Waals surface area contributed by atoms with Crippen molar-refractivity contribution in [3.05, 3.63) is 54.6 Å². The molecule has 0 spiro atoms. The van der Waals surface area contributed by atoms with Crippen LogP contribution >= 0.6 is 12.2 Å². The molecule has 0 aliphatic rings. The van der Waals surface area contributed by atoms with Crippen molar-refractivity contribution >= 4 is 28.9 Å². The minimum absolute atomic E-state index is 0.110. The molecule has 0 aliphatic heterocycles. The second kappa shape index (κ2) is 7.56. The number of ether oxygens (including phenoxy) is 1. The van der Waals surface area contributed by atoms with Crippen molar-refractivity contribution in [3.63, 3.8) is 0 Å². The molecule has 0 saturated heterocycles. The largest absolute Gasteiger partial charge is 0.457 e. The van der Waals surface area contributed by atoms with Crippen LogP contribution in [0.4, 0.5) is 5.69 Å². The minimum atomic E-state index is -0.110. The van der Waals surface area contributed by atoms with Crippen LogP contribution in [0.25, 0.3) is 0 Å². The molecule has 0 bridgehead atoms. The highest BCUT2D eigenvalue weighted by Gasteiger charge is 2.08. The highest BCUT2D eigenvalue weighted by Crippen LogP contribution is 2.22. The molecular weight excluding hydrogens is 296 g/mol. The molecular formula is C17H18N2O2S. The summed E-state index contributed by atoms with van der Waals surface area (Å²) < 4.78 is 5.70. The number of rotatable bonds is 4. The van der Waals surface area contributed by atoms with Gasteiger partial charge in [0.25, 0.3) is 0 Å². The van der Waals surface area contributed by atoms with Gasteiger partial charge in [0.15, 0.2) is 5.11 Å². The third-order valence-electron chi connectivity index (χ3n) is 2.85. The van der Waals surface area contributed by atoms with Crippen LogP contribution in [0.5, 0.6) is 11.5 Å². The van der Waals surface area contributed by atoms with Crippen LogP contribution in [0, 0.1) is 5.92 Å². The Kier molecular flexibility index (Phi) is 5.49. The van der Waals surface area contributed by atoms with E-state index in [0.29, 0.717) is 0 Å². The average molecular weight is 314 g/mol. The van der Waals surface area contributed by atoms with Crippen molar-refractivity contribution in [2.45, 2.75) is 13.8 Å². The first-order valence-electron chi connectivity index (χ1n) is 6.99. The number of para-hydroxylation sites is 1. The van der Waals surface area contributed by atoms with E-state index in [2.05, 4.69) is 10.6 Å². The molecule has 0 aliphatic carbocycles. The number of thiocarbonyl (C=S) groups is 1. The zero-order chi connectivity index (χ0) is 15.9. The molecule has 5 heteroatoms. The number of carbonyl (C=O) groups is 1. The summed E-state index contributed by atoms with van der Waals surface area (Å²) in [4.78, 5) is 11.5. The van der Waals surface area contributed by atoms with Crippen molar-refractivity contribution in [1.29, 1.82) is 0 Å². The maximum Gasteiger partial charge on any atom is 0.228 e. The first-order valence-corrected chi connectivity index (χ1v) is 7.40. The van der Waals surface area contributed by atoms with Gasteiger partial charge in [0.2, 0.25) is 5.91 Å². The lowest BCUT2D eigenvalue weighted by Crippen LogP contribution is -2.36. The van der Waals surface area contributed by atoms with Gasteiger partial charge in [0, 0.05) is 11.6 Å². The van der Waals surface area contributed by atoms with Gasteiger partial charge >= 0.3 is 0 Å². The molecule has 0 aromatic heterocycles. The van der Waals surface area contributed by atoms with Gasteiger partial charge in [0.1, 0.15) is 11.5 Å². The van der Waals surface area contributed by atoms with E-state index in [-0.39, 0.29) is 16.9 Å². The Morgan fingerprint density at radius 1 is 1.00 bits per heavy atom. The number of hydrogen-bond acceptors (Lipinski definition) is 3. The zero-order valence-corrected chi connectivity index (χ0v) is 13.3. The van der Waals surface area contributed by atoms with E-state index in [1.54, 1.807) is 0 Å². The Bertz CT molecular complexity index is 639. The zero-order valence-electron chi connectivity index (χ0n) is 12.5. The van der Waals surface area contributed by atoms with Crippen molar-refractivity contribution < 1.29 is 9.53 Å². The topological polar surface area (TPSA) is 50.4 Å². The fraction of sp³-hybridized carbons (Fsp3) is 0.176. The van der Waals surface area contributed by atoms with Crippen molar-refractivity contribution in [2.75, 3.05) is 5.32 Å². The van der Waals surface area contributed by atoms with Gasteiger partial charge in [-0.15, -0.1) is 0 Å². The lowest BCUT2D eigenvalue weighted by atomic mass is 10.2. The Morgan fingerprint density at radius 2 is 1.59 bits per heavy atom. The van der Waals surface area contributed by atoms with Crippen molar-refractivity contribution in [2.24, 2.45) is 5.92 Å². The third kappa shape index (κ3) is 4.86. The number of benzene rings is 2. The van der Waals surface area contributed by atoms with Crippen LogP contribution in [-0.4, -0.2) is 11.0 Å². The van der Waals surface area contributed by atoms with Crippen LogP contribution in [0.3, 0.4) is 0 Å². The Morgan fingerprint density at radius 3 is 2.18 bits per heavy atom. The number of carbonyl (C=O) groups excluding carboxylic acids is 1. The lowest BCUT2D eigenvalue weighted by molar-refractivity contribution is -0.122. The summed E-state index contributed by atoms with van der Waals surface area (Å²) in [5.41, 5.74) is 0.787. The van der Waals surface area contributed by atoms with Crippen LogP contribution in [0.1, 0.15) is 13.8 Å². The fourth-order valence-corrected chi connectivity index (χ4v) is 1.87. The molecule has 22 heavy (non-hydrogen) atoms. The molecule has 1 amide bonds. The molecule has 0 unspecified atom stereocenters. The van der Waals surface area contributed by atoms with Crippen molar-refractivity contribution in [1.82, 2.24) is 5.32 Å². The van der Waals surface area contributed by atoms with Gasteiger partial charge in [-0.1, -0.05) is 32.0 Å². The van der Waals surface area contributed by atoms with Gasteiger partial charge < -0.3 is 15.4 Å². The molecule has 0 saturated carbocycles. The first kappa shape index (κ1) is 16.0. The highest BCUT2D eigenvalue weighted by atomic mass is 32.1. The quantitative estimate of drug-likeness (QED) is 0.839. The molecule has 2 aromatic carbocycles. The molecule has 114 valence electrons. The third-order valence-corrected chi connectivity index (χ3v) is 3.06. The highest BCUT2D eigenvalue weighted by molar-refractivity contribution is 7.80. The summed E-state index contributed by atoms with van der Waals surface area (Å²) >= 11 is 5.10. The second-order valence-corrected chi connectivity index (χ2v) is 5.45. The molecule has 2 rings (SSSR count). The number of amides is 1. The Hall–Kier alpha value is -2.40. The maximum atomic E-state index is 11.5. The predicted molar refractivity (Wildman–Crippen MR) is 92.2 cm³/mol. The molecule has 0 atom stereocenters. The molecule has 0 fully saturated rings. The van der Waals surface area contributed by atoms with Crippen LogP contribution in [0.2, 0.25) is 0 Å². The summed E-state index contributed by atoms with van der Waals surface area (Å²) in [6.07, 6.45) is 0. The average Bonchev–Trinajstić information content (AvgIpc) is 2.50. The minimum Gasteiger partial charge on any atom is -0.457 e. The van der Waals surface area contributed by atoms with Gasteiger partial charge in [-0.25, -0.2) is 0 Å². The maximum absolute atomic E-state index is 11.5. The normalized spacial score (nSPS) is 10.1.